The summed E-state index contributed by atoms with van der Waals surface area (Å²) in [4.78, 5) is 1.96. The Bertz CT molecular complexity index is 315. The molecule has 0 amide bonds. The third-order valence-electron chi connectivity index (χ3n) is 2.87. The fourth-order valence-corrected chi connectivity index (χ4v) is 1.80. The van der Waals surface area contributed by atoms with Crippen molar-refractivity contribution in [1.82, 2.24) is 4.90 Å². The number of aliphatic hydroxyl groups is 2. The average molecular weight is 283 g/mol. The first-order chi connectivity index (χ1) is 9.86. The van der Waals surface area contributed by atoms with Gasteiger partial charge in [-0.3, -0.25) is 4.90 Å². The molecule has 5 nitrogen and oxygen atoms in total. The van der Waals surface area contributed by atoms with E-state index < -0.39 is 0 Å². The molecule has 0 heterocycles. The van der Waals surface area contributed by atoms with E-state index in [2.05, 4.69) is 0 Å². The minimum Gasteiger partial charge on any atom is -0.395 e. The molecule has 0 saturated heterocycles. The summed E-state index contributed by atoms with van der Waals surface area (Å²) in [5, 5.41) is 17.7. The van der Waals surface area contributed by atoms with Crippen LogP contribution >= 0.6 is 0 Å². The molecule has 0 aromatic heterocycles. The van der Waals surface area contributed by atoms with Crippen molar-refractivity contribution < 1.29 is 19.7 Å². The molecule has 0 spiro atoms. The number of benzene rings is 1. The van der Waals surface area contributed by atoms with Gasteiger partial charge < -0.3 is 19.7 Å². The van der Waals surface area contributed by atoms with E-state index in [0.717, 1.165) is 5.56 Å². The molecule has 1 rings (SSSR count). The van der Waals surface area contributed by atoms with Crippen LogP contribution in [-0.4, -0.2) is 67.8 Å². The molecule has 0 saturated carbocycles. The Kier molecular flexibility index (Phi) is 10.1. The number of ether oxygens (including phenoxy) is 2. The third-order valence-corrected chi connectivity index (χ3v) is 2.87. The van der Waals surface area contributed by atoms with Crippen LogP contribution in [-0.2, 0) is 16.1 Å². The van der Waals surface area contributed by atoms with Crippen LogP contribution in [0.15, 0.2) is 30.3 Å². The first kappa shape index (κ1) is 17.1. The van der Waals surface area contributed by atoms with Gasteiger partial charge in [-0.15, -0.1) is 0 Å². The molecule has 0 aliphatic carbocycles. The SMILES string of the molecule is OCCN(CCO)CCOCCOCc1ccccc1. The zero-order chi connectivity index (χ0) is 14.5. The normalized spacial score (nSPS) is 11.2. The smallest absolute Gasteiger partial charge is 0.0718 e. The van der Waals surface area contributed by atoms with Crippen LogP contribution in [0.3, 0.4) is 0 Å². The molecule has 5 heteroatoms. The summed E-state index contributed by atoms with van der Waals surface area (Å²) in [6, 6.07) is 10.0. The zero-order valence-electron chi connectivity index (χ0n) is 11.9. The van der Waals surface area contributed by atoms with Gasteiger partial charge in [-0.25, -0.2) is 0 Å². The van der Waals surface area contributed by atoms with Crippen molar-refractivity contribution in [3.8, 4) is 0 Å². The second kappa shape index (κ2) is 11.8. The van der Waals surface area contributed by atoms with Gasteiger partial charge in [0.15, 0.2) is 0 Å². The Morgan fingerprint density at radius 2 is 1.45 bits per heavy atom. The van der Waals surface area contributed by atoms with E-state index in [4.69, 9.17) is 19.7 Å². The van der Waals surface area contributed by atoms with E-state index in [1.807, 2.05) is 35.2 Å². The lowest BCUT2D eigenvalue weighted by atomic mass is 10.2. The van der Waals surface area contributed by atoms with Crippen LogP contribution in [0.2, 0.25) is 0 Å². The molecule has 114 valence electrons. The van der Waals surface area contributed by atoms with E-state index in [1.165, 1.54) is 0 Å². The molecule has 20 heavy (non-hydrogen) atoms. The Morgan fingerprint density at radius 1 is 0.800 bits per heavy atom. The molecule has 2 N–H and O–H groups in total. The van der Waals surface area contributed by atoms with E-state index in [1.54, 1.807) is 0 Å². The van der Waals surface area contributed by atoms with Gasteiger partial charge in [0.25, 0.3) is 0 Å². The predicted molar refractivity (Wildman–Crippen MR) is 77.5 cm³/mol. The van der Waals surface area contributed by atoms with Crippen molar-refractivity contribution in [2.75, 3.05) is 52.7 Å². The molecular weight excluding hydrogens is 258 g/mol. The lowest BCUT2D eigenvalue weighted by molar-refractivity contribution is 0.0293. The van der Waals surface area contributed by atoms with Gasteiger partial charge in [0.2, 0.25) is 0 Å². The summed E-state index contributed by atoms with van der Waals surface area (Å²) in [6.45, 7) is 4.33. The van der Waals surface area contributed by atoms with Crippen molar-refractivity contribution >= 4 is 0 Å². The molecule has 0 aliphatic heterocycles. The number of aliphatic hydroxyl groups excluding tert-OH is 2. The van der Waals surface area contributed by atoms with Crippen molar-refractivity contribution in [3.05, 3.63) is 35.9 Å². The lowest BCUT2D eigenvalue weighted by Gasteiger charge is -2.19. The van der Waals surface area contributed by atoms with Crippen LogP contribution in [0.4, 0.5) is 0 Å². The molecule has 0 atom stereocenters. The first-order valence-electron chi connectivity index (χ1n) is 7.00. The number of nitrogens with zero attached hydrogens (tertiary/aromatic N) is 1. The van der Waals surface area contributed by atoms with Gasteiger partial charge in [-0.05, 0) is 5.56 Å². The second-order valence-electron chi connectivity index (χ2n) is 4.44. The second-order valence-corrected chi connectivity index (χ2v) is 4.44. The summed E-state index contributed by atoms with van der Waals surface area (Å²) < 4.78 is 11.0. The van der Waals surface area contributed by atoms with E-state index in [-0.39, 0.29) is 13.2 Å². The molecular formula is C15H25NO4. The molecule has 0 radical (unpaired) electrons. The Balaban J connectivity index is 1.96. The summed E-state index contributed by atoms with van der Waals surface area (Å²) in [7, 11) is 0. The van der Waals surface area contributed by atoms with Crippen LogP contribution in [0.5, 0.6) is 0 Å². The van der Waals surface area contributed by atoms with E-state index in [0.29, 0.717) is 46.1 Å². The number of rotatable bonds is 12. The van der Waals surface area contributed by atoms with E-state index >= 15 is 0 Å². The summed E-state index contributed by atoms with van der Waals surface area (Å²) >= 11 is 0. The monoisotopic (exact) mass is 283 g/mol. The molecule has 0 fully saturated rings. The van der Waals surface area contributed by atoms with Crippen LogP contribution < -0.4 is 0 Å². The lowest BCUT2D eigenvalue weighted by Crippen LogP contribution is -2.33. The number of hydrogen-bond acceptors (Lipinski definition) is 5. The largest absolute Gasteiger partial charge is 0.395 e. The van der Waals surface area contributed by atoms with E-state index in [9.17, 15) is 0 Å². The summed E-state index contributed by atoms with van der Waals surface area (Å²) in [5.41, 5.74) is 1.16. The maximum atomic E-state index is 8.86. The van der Waals surface area contributed by atoms with Crippen LogP contribution in [0, 0.1) is 0 Å². The minimum atomic E-state index is 0.0974. The van der Waals surface area contributed by atoms with Crippen LogP contribution in [0.1, 0.15) is 5.56 Å². The molecule has 0 bridgehead atoms. The molecule has 0 aliphatic rings. The third kappa shape index (κ3) is 8.24. The minimum absolute atomic E-state index is 0.0974. The molecule has 1 aromatic rings. The Hall–Kier alpha value is -0.980. The van der Waals surface area contributed by atoms with Crippen LogP contribution in [0.25, 0.3) is 0 Å². The first-order valence-corrected chi connectivity index (χ1v) is 7.00. The summed E-state index contributed by atoms with van der Waals surface area (Å²) in [5.74, 6) is 0. The highest BCUT2D eigenvalue weighted by Gasteiger charge is 2.02. The van der Waals surface area contributed by atoms with Crippen molar-refractivity contribution in [2.24, 2.45) is 0 Å². The summed E-state index contributed by atoms with van der Waals surface area (Å²) in [6.07, 6.45) is 0. The van der Waals surface area contributed by atoms with Gasteiger partial charge in [-0.1, -0.05) is 30.3 Å². The van der Waals surface area contributed by atoms with Crippen molar-refractivity contribution in [3.63, 3.8) is 0 Å². The highest BCUT2D eigenvalue weighted by atomic mass is 16.5. The molecule has 1 aromatic carbocycles. The molecule has 0 unspecified atom stereocenters. The fraction of sp³-hybridized carbons (Fsp3) is 0.600. The zero-order valence-corrected chi connectivity index (χ0v) is 11.9. The topological polar surface area (TPSA) is 62.2 Å². The van der Waals surface area contributed by atoms with Gasteiger partial charge >= 0.3 is 0 Å². The number of hydrogen-bond donors (Lipinski definition) is 2. The fourth-order valence-electron chi connectivity index (χ4n) is 1.80. The van der Waals surface area contributed by atoms with Gasteiger partial charge in [0.1, 0.15) is 0 Å². The van der Waals surface area contributed by atoms with Gasteiger partial charge in [-0.2, -0.15) is 0 Å². The predicted octanol–water partition coefficient (Wildman–Crippen LogP) is 0.506. The average Bonchev–Trinajstić information content (AvgIpc) is 2.47. The van der Waals surface area contributed by atoms with Gasteiger partial charge in [0, 0.05) is 19.6 Å². The van der Waals surface area contributed by atoms with Gasteiger partial charge in [0.05, 0.1) is 39.6 Å². The maximum Gasteiger partial charge on any atom is 0.0718 e. The Morgan fingerprint density at radius 3 is 2.10 bits per heavy atom. The van der Waals surface area contributed by atoms with Crippen molar-refractivity contribution in [1.29, 1.82) is 0 Å². The van der Waals surface area contributed by atoms with Crippen molar-refractivity contribution in [2.45, 2.75) is 6.61 Å². The standard InChI is InChI=1S/C15H25NO4/c17-9-6-16(7-10-18)8-11-19-12-13-20-14-15-4-2-1-3-5-15/h1-5,17-18H,6-14H2. The Labute approximate surface area is 120 Å². The highest BCUT2D eigenvalue weighted by Crippen LogP contribution is 2.00. The quantitative estimate of drug-likeness (QED) is 0.547. The highest BCUT2D eigenvalue weighted by molar-refractivity contribution is 5.13. The maximum absolute atomic E-state index is 8.86.